The molecule has 1 heterocycles. The van der Waals surface area contributed by atoms with E-state index in [4.69, 9.17) is 14.3 Å². The summed E-state index contributed by atoms with van der Waals surface area (Å²) in [6.45, 7) is 2.42. The zero-order chi connectivity index (χ0) is 15.6. The van der Waals surface area contributed by atoms with Gasteiger partial charge >= 0.3 is 7.60 Å². The topological polar surface area (TPSA) is 112 Å². The highest BCUT2D eigenvalue weighted by molar-refractivity contribution is 7.93. The van der Waals surface area contributed by atoms with E-state index >= 15 is 0 Å². The number of rotatable bonds is 6. The van der Waals surface area contributed by atoms with E-state index in [9.17, 15) is 13.0 Å². The minimum Gasteiger partial charge on any atom is -1.00 e. The smallest absolute Gasteiger partial charge is 0.346 e. The zero-order valence-corrected chi connectivity index (χ0v) is 15.2. The molecule has 3 atom stereocenters. The van der Waals surface area contributed by atoms with Crippen LogP contribution in [-0.2, 0) is 14.7 Å². The molecule has 1 saturated heterocycles. The van der Waals surface area contributed by atoms with Crippen LogP contribution >= 0.6 is 20.2 Å². The first-order valence-electron chi connectivity index (χ1n) is 6.44. The second-order valence-electron chi connectivity index (χ2n) is 5.78. The van der Waals surface area contributed by atoms with Crippen LogP contribution in [0.25, 0.3) is 0 Å². The van der Waals surface area contributed by atoms with Crippen LogP contribution in [0.3, 0.4) is 0 Å². The largest absolute Gasteiger partial charge is 1.00 e. The fourth-order valence-electron chi connectivity index (χ4n) is 2.92. The van der Waals surface area contributed by atoms with Crippen molar-refractivity contribution in [3.63, 3.8) is 0 Å². The summed E-state index contributed by atoms with van der Waals surface area (Å²) in [6, 6.07) is 0. The molecule has 7 nitrogen and oxygen atoms in total. The Kier molecular flexibility index (Phi) is 8.22. The Morgan fingerprint density at radius 2 is 2.00 bits per heavy atom. The van der Waals surface area contributed by atoms with Gasteiger partial charge in [-0.15, -0.1) is 0 Å². The Labute approximate surface area is 137 Å². The SMILES string of the molecule is C[N+]1(CCS)CCCC(CC(P(=O)(O)O)S(=O)(=O)O)C1.[Cl-]. The summed E-state index contributed by atoms with van der Waals surface area (Å²) >= 11 is 4.20. The Morgan fingerprint density at radius 3 is 2.43 bits per heavy atom. The Bertz CT molecular complexity index is 480. The molecule has 0 aromatic heterocycles. The van der Waals surface area contributed by atoms with Crippen LogP contribution in [-0.4, -0.2) is 64.7 Å². The van der Waals surface area contributed by atoms with Crippen molar-refractivity contribution in [1.29, 1.82) is 0 Å². The number of quaternary nitrogens is 1. The first-order chi connectivity index (χ1) is 8.98. The lowest BCUT2D eigenvalue weighted by Crippen LogP contribution is -3.00. The normalized spacial score (nSPS) is 28.7. The predicted molar refractivity (Wildman–Crippen MR) is 79.4 cm³/mol. The van der Waals surface area contributed by atoms with Gasteiger partial charge in [0.1, 0.15) is 0 Å². The molecule has 1 aliphatic heterocycles. The van der Waals surface area contributed by atoms with E-state index in [1.165, 1.54) is 0 Å². The molecule has 21 heavy (non-hydrogen) atoms. The summed E-state index contributed by atoms with van der Waals surface area (Å²) in [4.78, 5) is 16.3. The molecule has 0 spiro atoms. The third-order valence-corrected chi connectivity index (χ3v) is 7.57. The standard InChI is InChI=1S/C10H22NO6PS2.ClH/c1-11(5-6-19)4-2-3-9(8-11)7-10(18(12,13)14)20(15,16)17;/h9-10H,2-8H2,1H3,(H3-,12,13,14,15,16,17,19);1H. The number of nitrogens with zero attached hydrogens (tertiary/aromatic N) is 1. The van der Waals surface area contributed by atoms with Gasteiger partial charge in [0.15, 0.2) is 4.99 Å². The summed E-state index contributed by atoms with van der Waals surface area (Å²) in [5.74, 6) is 0.567. The van der Waals surface area contributed by atoms with Crippen molar-refractivity contribution >= 4 is 30.3 Å². The number of likely N-dealkylation sites (tertiary alicyclic amines) is 1. The van der Waals surface area contributed by atoms with E-state index in [-0.39, 0.29) is 24.7 Å². The minimum absolute atomic E-state index is 0. The van der Waals surface area contributed by atoms with E-state index < -0.39 is 22.7 Å². The van der Waals surface area contributed by atoms with Gasteiger partial charge in [0.2, 0.25) is 0 Å². The van der Waals surface area contributed by atoms with Crippen LogP contribution in [0.2, 0.25) is 0 Å². The molecule has 0 bridgehead atoms. The van der Waals surface area contributed by atoms with Crippen molar-refractivity contribution in [2.24, 2.45) is 5.92 Å². The highest BCUT2D eigenvalue weighted by Crippen LogP contribution is 2.47. The third kappa shape index (κ3) is 6.74. The molecular formula is C10H23ClNO6PS2. The number of piperidine rings is 1. The highest BCUT2D eigenvalue weighted by atomic mass is 35.5. The van der Waals surface area contributed by atoms with Gasteiger partial charge < -0.3 is 26.7 Å². The molecule has 0 saturated carbocycles. The molecule has 0 amide bonds. The average Bonchev–Trinajstić information content (AvgIpc) is 2.23. The van der Waals surface area contributed by atoms with Crippen LogP contribution in [0.5, 0.6) is 0 Å². The van der Waals surface area contributed by atoms with Crippen LogP contribution in [0.4, 0.5) is 0 Å². The number of halogens is 1. The number of hydrogen-bond acceptors (Lipinski definition) is 4. The van der Waals surface area contributed by atoms with Crippen molar-refractivity contribution in [2.75, 3.05) is 32.4 Å². The van der Waals surface area contributed by atoms with Crippen LogP contribution in [0, 0.1) is 5.92 Å². The predicted octanol–water partition coefficient (Wildman–Crippen LogP) is -2.44. The maximum absolute atomic E-state index is 11.3. The second-order valence-corrected chi connectivity index (χ2v) is 9.97. The summed E-state index contributed by atoms with van der Waals surface area (Å²) in [7, 11) is -7.61. The van der Waals surface area contributed by atoms with Crippen molar-refractivity contribution in [3.8, 4) is 0 Å². The van der Waals surface area contributed by atoms with Gasteiger partial charge in [0.05, 0.1) is 26.7 Å². The quantitative estimate of drug-likeness (QED) is 0.175. The molecule has 0 radical (unpaired) electrons. The van der Waals surface area contributed by atoms with E-state index in [2.05, 4.69) is 12.6 Å². The van der Waals surface area contributed by atoms with Crippen molar-refractivity contribution < 1.29 is 44.2 Å². The van der Waals surface area contributed by atoms with Gasteiger partial charge in [0, 0.05) is 11.7 Å². The molecule has 0 aromatic rings. The fraction of sp³-hybridized carbons (Fsp3) is 1.00. The lowest BCUT2D eigenvalue weighted by Gasteiger charge is -2.41. The Morgan fingerprint density at radius 1 is 1.43 bits per heavy atom. The fourth-order valence-corrected chi connectivity index (χ4v) is 5.88. The van der Waals surface area contributed by atoms with Gasteiger partial charge in [-0.3, -0.25) is 9.12 Å². The van der Waals surface area contributed by atoms with Crippen molar-refractivity contribution in [3.05, 3.63) is 0 Å². The molecule has 3 unspecified atom stereocenters. The van der Waals surface area contributed by atoms with Crippen molar-refractivity contribution in [1.82, 2.24) is 0 Å². The Balaban J connectivity index is 0.00000400. The molecule has 3 N–H and O–H groups in total. The van der Waals surface area contributed by atoms with E-state index in [1.54, 1.807) is 0 Å². The van der Waals surface area contributed by atoms with Crippen LogP contribution < -0.4 is 12.4 Å². The maximum atomic E-state index is 11.3. The van der Waals surface area contributed by atoms with E-state index in [0.717, 1.165) is 19.5 Å². The monoisotopic (exact) mass is 383 g/mol. The van der Waals surface area contributed by atoms with Gasteiger partial charge in [-0.2, -0.15) is 21.0 Å². The molecule has 1 fully saturated rings. The summed E-state index contributed by atoms with van der Waals surface area (Å²) in [5, 5.41) is 0. The van der Waals surface area contributed by atoms with Gasteiger partial charge in [-0.05, 0) is 19.3 Å². The molecule has 1 rings (SSSR count). The maximum Gasteiger partial charge on any atom is 0.346 e. The molecule has 0 aliphatic carbocycles. The summed E-state index contributed by atoms with van der Waals surface area (Å²) in [5.41, 5.74) is 0. The number of hydrogen-bond donors (Lipinski definition) is 4. The van der Waals surface area contributed by atoms with Gasteiger partial charge in [-0.25, -0.2) is 0 Å². The van der Waals surface area contributed by atoms with Gasteiger partial charge in [-0.1, -0.05) is 0 Å². The van der Waals surface area contributed by atoms with Gasteiger partial charge in [0.25, 0.3) is 10.1 Å². The zero-order valence-electron chi connectivity index (χ0n) is 11.8. The number of thiol groups is 1. The minimum atomic E-state index is -4.88. The van der Waals surface area contributed by atoms with Crippen LogP contribution in [0.1, 0.15) is 19.3 Å². The molecule has 1 aliphatic rings. The second kappa shape index (κ2) is 7.97. The Hall–Kier alpha value is 0.660. The molecule has 0 aromatic carbocycles. The highest BCUT2D eigenvalue weighted by Gasteiger charge is 2.43. The lowest BCUT2D eigenvalue weighted by atomic mass is 9.94. The molecule has 128 valence electrons. The molecule has 11 heteroatoms. The van der Waals surface area contributed by atoms with E-state index in [1.807, 2.05) is 7.05 Å². The lowest BCUT2D eigenvalue weighted by molar-refractivity contribution is -0.915. The summed E-state index contributed by atoms with van der Waals surface area (Å²) < 4.78 is 43.4. The average molecular weight is 384 g/mol. The summed E-state index contributed by atoms with van der Waals surface area (Å²) in [6.07, 6.45) is 1.38. The van der Waals surface area contributed by atoms with Crippen molar-refractivity contribution in [2.45, 2.75) is 24.3 Å². The third-order valence-electron chi connectivity index (χ3n) is 3.90. The first kappa shape index (κ1) is 21.7. The van der Waals surface area contributed by atoms with Crippen LogP contribution in [0.15, 0.2) is 0 Å². The molecular weight excluding hydrogens is 361 g/mol. The first-order valence-corrected chi connectivity index (χ1v) is 10.3. The van der Waals surface area contributed by atoms with E-state index in [0.29, 0.717) is 23.2 Å².